The van der Waals surface area contributed by atoms with Gasteiger partial charge in [0.15, 0.2) is 5.16 Å². The van der Waals surface area contributed by atoms with Gasteiger partial charge in [0.1, 0.15) is 0 Å². The van der Waals surface area contributed by atoms with Gasteiger partial charge in [0.25, 0.3) is 5.56 Å². The summed E-state index contributed by atoms with van der Waals surface area (Å²) in [5.41, 5.74) is 0.813. The Hall–Kier alpha value is -1.33. The number of ether oxygens (including phenoxy) is 1. The van der Waals surface area contributed by atoms with Crippen molar-refractivity contribution in [2.24, 2.45) is 0 Å². The van der Waals surface area contributed by atoms with Crippen molar-refractivity contribution >= 4 is 22.7 Å². The molecule has 0 N–H and O–H groups in total. The van der Waals surface area contributed by atoms with Gasteiger partial charge >= 0.3 is 0 Å². The number of aromatic nitrogens is 2. The molecule has 0 spiro atoms. The van der Waals surface area contributed by atoms with Crippen molar-refractivity contribution in [2.75, 3.05) is 6.61 Å². The van der Waals surface area contributed by atoms with Crippen LogP contribution in [0.25, 0.3) is 10.9 Å². The first-order chi connectivity index (χ1) is 10.1. The predicted octanol–water partition coefficient (Wildman–Crippen LogP) is 3.08. The summed E-state index contributed by atoms with van der Waals surface area (Å²) in [5.74, 6) is 0. The van der Waals surface area contributed by atoms with E-state index in [4.69, 9.17) is 4.74 Å². The Labute approximate surface area is 128 Å². The van der Waals surface area contributed by atoms with Crippen LogP contribution >= 0.6 is 11.8 Å². The average Bonchev–Trinajstić information content (AvgIpc) is 2.95. The molecular weight excluding hydrogens is 284 g/mol. The molecule has 21 heavy (non-hydrogen) atoms. The standard InChI is InChI=1S/C16H20N2O2S/c1-11(2)21-16-17-14-8-4-3-7-13(14)15(19)18(16)10-12-6-5-9-20-12/h3-4,7-8,11-12H,5-6,9-10H2,1-2H3. The van der Waals surface area contributed by atoms with Crippen molar-refractivity contribution in [3.63, 3.8) is 0 Å². The largest absolute Gasteiger partial charge is 0.376 e. The lowest BCUT2D eigenvalue weighted by molar-refractivity contribution is 0.0937. The lowest BCUT2D eigenvalue weighted by Gasteiger charge is -2.17. The summed E-state index contributed by atoms with van der Waals surface area (Å²) in [7, 11) is 0. The highest BCUT2D eigenvalue weighted by atomic mass is 32.2. The number of hydrogen-bond acceptors (Lipinski definition) is 4. The molecule has 4 nitrogen and oxygen atoms in total. The maximum absolute atomic E-state index is 12.8. The molecule has 0 radical (unpaired) electrons. The van der Waals surface area contributed by atoms with Gasteiger partial charge in [-0.1, -0.05) is 37.7 Å². The molecule has 112 valence electrons. The van der Waals surface area contributed by atoms with E-state index in [1.54, 1.807) is 16.3 Å². The van der Waals surface area contributed by atoms with E-state index in [-0.39, 0.29) is 11.7 Å². The summed E-state index contributed by atoms with van der Waals surface area (Å²) in [4.78, 5) is 17.5. The number of benzene rings is 1. The summed E-state index contributed by atoms with van der Waals surface area (Å²) in [6.07, 6.45) is 2.23. The molecule has 3 rings (SSSR count). The Bertz CT molecular complexity index is 690. The van der Waals surface area contributed by atoms with E-state index in [0.717, 1.165) is 30.1 Å². The molecule has 1 atom stereocenters. The molecule has 5 heteroatoms. The van der Waals surface area contributed by atoms with Gasteiger partial charge in [-0.25, -0.2) is 4.98 Å². The molecule has 2 heterocycles. The second-order valence-corrected chi connectivity index (χ2v) is 7.17. The number of fused-ring (bicyclic) bond motifs is 1. The van der Waals surface area contributed by atoms with E-state index in [9.17, 15) is 4.79 Å². The molecule has 0 bridgehead atoms. The van der Waals surface area contributed by atoms with Crippen LogP contribution in [0.1, 0.15) is 26.7 Å². The third-order valence-electron chi connectivity index (χ3n) is 3.58. The van der Waals surface area contributed by atoms with Crippen LogP contribution in [-0.4, -0.2) is 27.5 Å². The zero-order chi connectivity index (χ0) is 14.8. The summed E-state index contributed by atoms with van der Waals surface area (Å²) < 4.78 is 7.48. The molecule has 1 aliphatic heterocycles. The summed E-state index contributed by atoms with van der Waals surface area (Å²) in [6.45, 7) is 5.63. The van der Waals surface area contributed by atoms with Crippen LogP contribution in [0.5, 0.6) is 0 Å². The predicted molar refractivity (Wildman–Crippen MR) is 86.0 cm³/mol. The van der Waals surface area contributed by atoms with Crippen molar-refractivity contribution in [2.45, 2.75) is 49.7 Å². The Morgan fingerprint density at radius 2 is 2.24 bits per heavy atom. The SMILES string of the molecule is CC(C)Sc1nc2ccccc2c(=O)n1CC1CCCO1. The fourth-order valence-electron chi connectivity index (χ4n) is 2.60. The minimum Gasteiger partial charge on any atom is -0.376 e. The Morgan fingerprint density at radius 3 is 2.95 bits per heavy atom. The molecule has 1 aromatic heterocycles. The van der Waals surface area contributed by atoms with E-state index < -0.39 is 0 Å². The highest BCUT2D eigenvalue weighted by Gasteiger charge is 2.20. The average molecular weight is 304 g/mol. The molecule has 1 fully saturated rings. The van der Waals surface area contributed by atoms with Crippen LogP contribution in [0.4, 0.5) is 0 Å². The van der Waals surface area contributed by atoms with Gasteiger partial charge in [-0.3, -0.25) is 9.36 Å². The van der Waals surface area contributed by atoms with Crippen LogP contribution in [0.15, 0.2) is 34.2 Å². The fraction of sp³-hybridized carbons (Fsp3) is 0.500. The summed E-state index contributed by atoms with van der Waals surface area (Å²) >= 11 is 1.63. The summed E-state index contributed by atoms with van der Waals surface area (Å²) in [6, 6.07) is 7.55. The van der Waals surface area contributed by atoms with Gasteiger partial charge in [-0.2, -0.15) is 0 Å². The highest BCUT2D eigenvalue weighted by molar-refractivity contribution is 7.99. The second-order valence-electron chi connectivity index (χ2n) is 5.63. The van der Waals surface area contributed by atoms with E-state index in [2.05, 4.69) is 18.8 Å². The molecule has 0 saturated carbocycles. The van der Waals surface area contributed by atoms with Gasteiger partial charge in [-0.15, -0.1) is 0 Å². The van der Waals surface area contributed by atoms with Crippen molar-refractivity contribution in [3.8, 4) is 0 Å². The van der Waals surface area contributed by atoms with Crippen molar-refractivity contribution in [1.29, 1.82) is 0 Å². The van der Waals surface area contributed by atoms with Crippen molar-refractivity contribution in [1.82, 2.24) is 9.55 Å². The molecule has 2 aromatic rings. The second kappa shape index (κ2) is 6.20. The molecular formula is C16H20N2O2S. The third-order valence-corrected chi connectivity index (χ3v) is 4.57. The number of thioether (sulfide) groups is 1. The molecule has 1 aromatic carbocycles. The quantitative estimate of drug-likeness (QED) is 0.643. The number of nitrogens with zero attached hydrogens (tertiary/aromatic N) is 2. The first-order valence-corrected chi connectivity index (χ1v) is 8.31. The maximum Gasteiger partial charge on any atom is 0.262 e. The Balaban J connectivity index is 2.08. The first kappa shape index (κ1) is 14.6. The zero-order valence-electron chi connectivity index (χ0n) is 12.4. The number of para-hydroxylation sites is 1. The summed E-state index contributed by atoms with van der Waals surface area (Å²) in [5, 5.41) is 1.86. The van der Waals surface area contributed by atoms with Crippen LogP contribution in [-0.2, 0) is 11.3 Å². The van der Waals surface area contributed by atoms with Crippen LogP contribution in [0.2, 0.25) is 0 Å². The zero-order valence-corrected chi connectivity index (χ0v) is 13.2. The number of hydrogen-bond donors (Lipinski definition) is 0. The molecule has 0 amide bonds. The van der Waals surface area contributed by atoms with Crippen LogP contribution in [0.3, 0.4) is 0 Å². The molecule has 0 aliphatic carbocycles. The normalized spacial score (nSPS) is 18.7. The third kappa shape index (κ3) is 3.14. The fourth-order valence-corrected chi connectivity index (χ4v) is 3.46. The smallest absolute Gasteiger partial charge is 0.262 e. The minimum absolute atomic E-state index is 0.0410. The first-order valence-electron chi connectivity index (χ1n) is 7.43. The molecule has 1 saturated heterocycles. The lowest BCUT2D eigenvalue weighted by Crippen LogP contribution is -2.29. The Morgan fingerprint density at radius 1 is 1.43 bits per heavy atom. The van der Waals surface area contributed by atoms with E-state index in [1.165, 1.54) is 0 Å². The van der Waals surface area contributed by atoms with Gasteiger partial charge in [0, 0.05) is 11.9 Å². The van der Waals surface area contributed by atoms with Gasteiger partial charge in [-0.05, 0) is 25.0 Å². The molecule has 1 unspecified atom stereocenters. The van der Waals surface area contributed by atoms with Crippen LogP contribution in [0, 0.1) is 0 Å². The monoisotopic (exact) mass is 304 g/mol. The minimum atomic E-state index is 0.0410. The Kier molecular flexibility index (Phi) is 4.31. The van der Waals surface area contributed by atoms with Gasteiger partial charge in [0.2, 0.25) is 0 Å². The number of rotatable bonds is 4. The van der Waals surface area contributed by atoms with E-state index in [1.807, 2.05) is 24.3 Å². The van der Waals surface area contributed by atoms with E-state index >= 15 is 0 Å². The highest BCUT2D eigenvalue weighted by Crippen LogP contribution is 2.23. The maximum atomic E-state index is 12.8. The van der Waals surface area contributed by atoms with Gasteiger partial charge < -0.3 is 4.74 Å². The van der Waals surface area contributed by atoms with Gasteiger partial charge in [0.05, 0.1) is 23.6 Å². The topological polar surface area (TPSA) is 44.1 Å². The van der Waals surface area contributed by atoms with Crippen molar-refractivity contribution in [3.05, 3.63) is 34.6 Å². The van der Waals surface area contributed by atoms with Crippen LogP contribution < -0.4 is 5.56 Å². The van der Waals surface area contributed by atoms with E-state index in [0.29, 0.717) is 17.2 Å². The lowest BCUT2D eigenvalue weighted by atomic mass is 10.2. The van der Waals surface area contributed by atoms with Crippen molar-refractivity contribution < 1.29 is 4.74 Å². The molecule has 1 aliphatic rings.